The summed E-state index contributed by atoms with van der Waals surface area (Å²) in [7, 11) is 0. The first-order valence-electron chi connectivity index (χ1n) is 8.50. The smallest absolute Gasteiger partial charge is 0.353 e. The summed E-state index contributed by atoms with van der Waals surface area (Å²) in [5.74, 6) is -0.920. The van der Waals surface area contributed by atoms with Gasteiger partial charge in [-0.15, -0.1) is 0 Å². The molecule has 2 nitrogen and oxygen atoms in total. The van der Waals surface area contributed by atoms with Gasteiger partial charge in [0.25, 0.3) is 0 Å². The van der Waals surface area contributed by atoms with Crippen LogP contribution in [0.4, 0.5) is 13.2 Å². The maximum absolute atomic E-state index is 12.3. The number of amides is 1. The van der Waals surface area contributed by atoms with E-state index in [-0.39, 0.29) is 11.5 Å². The number of rotatable bonds is 11. The second kappa shape index (κ2) is 10.1. The first-order valence-corrected chi connectivity index (χ1v) is 8.50. The average Bonchev–Trinajstić information content (AvgIpc) is 2.39. The number of hydrogen-bond acceptors (Lipinski definition) is 1. The summed E-state index contributed by atoms with van der Waals surface area (Å²) in [6.07, 6.45) is 2.67. The van der Waals surface area contributed by atoms with Crippen LogP contribution in [-0.4, -0.2) is 18.1 Å². The Kier molecular flexibility index (Phi) is 9.77. The molecule has 0 aliphatic rings. The number of carbonyl (C=O) groups is 1. The molecule has 0 rings (SSSR count). The molecule has 22 heavy (non-hydrogen) atoms. The van der Waals surface area contributed by atoms with Crippen molar-refractivity contribution in [1.29, 1.82) is 0 Å². The minimum Gasteiger partial charge on any atom is -0.353 e. The standard InChI is InChI=1S/C17H32F3NO/c1-5-7-9-10-12-16(4,11-8-6-2)14(3)21-15(22)13-17(18,19)20/h14H,5-13H2,1-4H3,(H,21,22). The summed E-state index contributed by atoms with van der Waals surface area (Å²) in [6.45, 7) is 8.18. The molecule has 0 fully saturated rings. The van der Waals surface area contributed by atoms with Gasteiger partial charge in [0.15, 0.2) is 0 Å². The number of alkyl halides is 3. The maximum Gasteiger partial charge on any atom is 0.397 e. The summed E-state index contributed by atoms with van der Waals surface area (Å²) in [4.78, 5) is 11.5. The van der Waals surface area contributed by atoms with Gasteiger partial charge in [-0.25, -0.2) is 0 Å². The van der Waals surface area contributed by atoms with E-state index in [1.807, 2.05) is 6.92 Å². The minimum absolute atomic E-state index is 0.134. The highest BCUT2D eigenvalue weighted by Crippen LogP contribution is 2.35. The fourth-order valence-corrected chi connectivity index (χ4v) is 2.74. The minimum atomic E-state index is -4.44. The molecule has 1 amide bonds. The predicted molar refractivity (Wildman–Crippen MR) is 84.7 cm³/mol. The summed E-state index contributed by atoms with van der Waals surface area (Å²) >= 11 is 0. The first kappa shape index (κ1) is 21.3. The summed E-state index contributed by atoms with van der Waals surface area (Å²) in [5.41, 5.74) is -0.134. The van der Waals surface area contributed by atoms with E-state index in [0.717, 1.165) is 44.9 Å². The summed E-state index contributed by atoms with van der Waals surface area (Å²) in [5, 5.41) is 2.57. The molecular formula is C17H32F3NO. The van der Waals surface area contributed by atoms with E-state index in [0.29, 0.717) is 0 Å². The van der Waals surface area contributed by atoms with Crippen molar-refractivity contribution in [3.8, 4) is 0 Å². The molecule has 0 aliphatic heterocycles. The van der Waals surface area contributed by atoms with Crippen LogP contribution in [0.1, 0.15) is 85.5 Å². The van der Waals surface area contributed by atoms with Crippen LogP contribution in [-0.2, 0) is 4.79 Å². The van der Waals surface area contributed by atoms with Gasteiger partial charge in [-0.2, -0.15) is 13.2 Å². The zero-order valence-electron chi connectivity index (χ0n) is 14.5. The molecule has 0 saturated heterocycles. The Morgan fingerprint density at radius 2 is 1.55 bits per heavy atom. The molecule has 0 bridgehead atoms. The highest BCUT2D eigenvalue weighted by molar-refractivity contribution is 5.76. The van der Waals surface area contributed by atoms with Gasteiger partial charge in [-0.1, -0.05) is 59.3 Å². The average molecular weight is 323 g/mol. The Balaban J connectivity index is 4.59. The number of halogens is 3. The van der Waals surface area contributed by atoms with E-state index >= 15 is 0 Å². The van der Waals surface area contributed by atoms with Crippen molar-refractivity contribution in [2.45, 2.75) is 97.7 Å². The maximum atomic E-state index is 12.3. The third-order valence-corrected chi connectivity index (χ3v) is 4.49. The second-order valence-corrected chi connectivity index (χ2v) is 6.65. The molecular weight excluding hydrogens is 291 g/mol. The fraction of sp³-hybridized carbons (Fsp3) is 0.941. The molecule has 0 saturated carbocycles. The van der Waals surface area contributed by atoms with Crippen molar-refractivity contribution in [3.05, 3.63) is 0 Å². The van der Waals surface area contributed by atoms with Gasteiger partial charge >= 0.3 is 6.18 Å². The quantitative estimate of drug-likeness (QED) is 0.492. The van der Waals surface area contributed by atoms with Crippen LogP contribution in [0, 0.1) is 5.41 Å². The largest absolute Gasteiger partial charge is 0.397 e. The lowest BCUT2D eigenvalue weighted by Crippen LogP contribution is -2.45. The van der Waals surface area contributed by atoms with Crippen molar-refractivity contribution in [2.24, 2.45) is 5.41 Å². The zero-order chi connectivity index (χ0) is 17.2. The van der Waals surface area contributed by atoms with E-state index in [2.05, 4.69) is 26.1 Å². The van der Waals surface area contributed by atoms with Crippen molar-refractivity contribution < 1.29 is 18.0 Å². The van der Waals surface area contributed by atoms with E-state index in [1.54, 1.807) is 0 Å². The molecule has 0 spiro atoms. The topological polar surface area (TPSA) is 29.1 Å². The van der Waals surface area contributed by atoms with Crippen LogP contribution in [0.25, 0.3) is 0 Å². The van der Waals surface area contributed by atoms with E-state index in [9.17, 15) is 18.0 Å². The highest BCUT2D eigenvalue weighted by atomic mass is 19.4. The van der Waals surface area contributed by atoms with E-state index < -0.39 is 18.5 Å². The van der Waals surface area contributed by atoms with Crippen LogP contribution >= 0.6 is 0 Å². The van der Waals surface area contributed by atoms with Crippen molar-refractivity contribution in [2.75, 3.05) is 0 Å². The van der Waals surface area contributed by atoms with Crippen LogP contribution in [0.2, 0.25) is 0 Å². The summed E-state index contributed by atoms with van der Waals surface area (Å²) < 4.78 is 36.8. The predicted octanol–water partition coefficient (Wildman–Crippen LogP) is 5.61. The number of hydrogen-bond donors (Lipinski definition) is 1. The number of carbonyl (C=O) groups excluding carboxylic acids is 1. The molecule has 0 radical (unpaired) electrons. The van der Waals surface area contributed by atoms with Crippen molar-refractivity contribution >= 4 is 5.91 Å². The van der Waals surface area contributed by atoms with Gasteiger partial charge in [0.1, 0.15) is 6.42 Å². The van der Waals surface area contributed by atoms with Crippen LogP contribution < -0.4 is 5.32 Å². The Labute approximate surface area is 133 Å². The van der Waals surface area contributed by atoms with Gasteiger partial charge in [0.2, 0.25) is 5.91 Å². The lowest BCUT2D eigenvalue weighted by atomic mass is 9.74. The highest BCUT2D eigenvalue weighted by Gasteiger charge is 2.35. The molecule has 0 aromatic carbocycles. The van der Waals surface area contributed by atoms with Gasteiger partial charge in [0.05, 0.1) is 0 Å². The number of nitrogens with one attached hydrogen (secondary N) is 1. The van der Waals surface area contributed by atoms with E-state index in [4.69, 9.17) is 0 Å². The normalized spacial score (nSPS) is 16.1. The monoisotopic (exact) mass is 323 g/mol. The first-order chi connectivity index (χ1) is 10.1. The van der Waals surface area contributed by atoms with Gasteiger partial charge in [-0.05, 0) is 25.2 Å². The Morgan fingerprint density at radius 1 is 1.00 bits per heavy atom. The van der Waals surface area contributed by atoms with E-state index in [1.165, 1.54) is 6.42 Å². The van der Waals surface area contributed by atoms with Crippen LogP contribution in [0.3, 0.4) is 0 Å². The van der Waals surface area contributed by atoms with Crippen molar-refractivity contribution in [3.63, 3.8) is 0 Å². The zero-order valence-corrected chi connectivity index (χ0v) is 14.5. The molecule has 2 atom stereocenters. The van der Waals surface area contributed by atoms with Gasteiger partial charge in [0, 0.05) is 6.04 Å². The van der Waals surface area contributed by atoms with Crippen LogP contribution in [0.5, 0.6) is 0 Å². The lowest BCUT2D eigenvalue weighted by molar-refractivity contribution is -0.154. The third kappa shape index (κ3) is 9.31. The molecule has 0 aliphatic carbocycles. The molecule has 5 heteroatoms. The van der Waals surface area contributed by atoms with Gasteiger partial charge < -0.3 is 5.32 Å². The molecule has 132 valence electrons. The third-order valence-electron chi connectivity index (χ3n) is 4.49. The Bertz CT molecular complexity index is 318. The second-order valence-electron chi connectivity index (χ2n) is 6.65. The van der Waals surface area contributed by atoms with Crippen molar-refractivity contribution in [1.82, 2.24) is 5.32 Å². The Morgan fingerprint density at radius 3 is 2.05 bits per heavy atom. The lowest BCUT2D eigenvalue weighted by Gasteiger charge is -2.37. The molecule has 0 heterocycles. The molecule has 2 unspecified atom stereocenters. The molecule has 1 N–H and O–H groups in total. The SMILES string of the molecule is CCCCCCC(C)(CCCC)C(C)NC(=O)CC(F)(F)F. The number of unbranched alkanes of at least 4 members (excludes halogenated alkanes) is 4. The Hall–Kier alpha value is -0.740. The van der Waals surface area contributed by atoms with Crippen LogP contribution in [0.15, 0.2) is 0 Å². The molecule has 0 aromatic rings. The molecule has 0 aromatic heterocycles. The fourth-order valence-electron chi connectivity index (χ4n) is 2.74. The van der Waals surface area contributed by atoms with Gasteiger partial charge in [-0.3, -0.25) is 4.79 Å². The summed E-state index contributed by atoms with van der Waals surface area (Å²) in [6, 6.07) is -0.240.